The molecular formula is C24H28N+. The van der Waals surface area contributed by atoms with Gasteiger partial charge >= 0.3 is 0 Å². The Bertz CT molecular complexity index is 1060. The smallest absolute Gasteiger partial charge is 0.194 e. The highest BCUT2D eigenvalue weighted by Crippen LogP contribution is 2.28. The molecule has 25 heavy (non-hydrogen) atoms. The predicted molar refractivity (Wildman–Crippen MR) is 107 cm³/mol. The Kier molecular flexibility index (Phi) is 3.58. The summed E-state index contributed by atoms with van der Waals surface area (Å²) in [6.07, 6.45) is 0. The van der Waals surface area contributed by atoms with Crippen LogP contribution in [0, 0.1) is 41.5 Å². The van der Waals surface area contributed by atoms with Gasteiger partial charge in [-0.1, -0.05) is 12.1 Å². The number of aromatic nitrogens is 1. The third kappa shape index (κ3) is 3.11. The third-order valence-corrected chi connectivity index (χ3v) is 5.19. The standard InChI is InChI=1S/C24H28N/c1-15-11-19(5)21(13-17(15)3)23-9-8-10-24(25(23)7)22-14-18(4)16(2)12-20(22)6/h8-14H,1-7H3/q+1/i1D3. The van der Waals surface area contributed by atoms with Gasteiger partial charge < -0.3 is 0 Å². The summed E-state index contributed by atoms with van der Waals surface area (Å²) in [7, 11) is 2.08. The molecule has 0 aliphatic heterocycles. The molecule has 0 bridgehead atoms. The van der Waals surface area contributed by atoms with Gasteiger partial charge in [-0.3, -0.25) is 0 Å². The van der Waals surface area contributed by atoms with Crippen LogP contribution >= 0.6 is 0 Å². The average Bonchev–Trinajstić information content (AvgIpc) is 2.59. The maximum absolute atomic E-state index is 7.76. The Morgan fingerprint density at radius 1 is 0.640 bits per heavy atom. The van der Waals surface area contributed by atoms with Gasteiger partial charge in [0.15, 0.2) is 0 Å². The van der Waals surface area contributed by atoms with E-state index in [1.807, 2.05) is 26.0 Å². The van der Waals surface area contributed by atoms with E-state index in [0.717, 1.165) is 28.1 Å². The van der Waals surface area contributed by atoms with Gasteiger partial charge in [0.2, 0.25) is 11.4 Å². The van der Waals surface area contributed by atoms with E-state index in [4.69, 9.17) is 4.11 Å². The van der Waals surface area contributed by atoms with E-state index in [1.165, 1.54) is 22.3 Å². The van der Waals surface area contributed by atoms with Crippen molar-refractivity contribution >= 4 is 0 Å². The molecule has 0 aliphatic carbocycles. The number of nitrogens with zero attached hydrogens (tertiary/aromatic N) is 1. The number of aryl methyl sites for hydroxylation is 6. The van der Waals surface area contributed by atoms with Crippen molar-refractivity contribution in [3.63, 3.8) is 0 Å². The van der Waals surface area contributed by atoms with Gasteiger partial charge in [0.05, 0.1) is 0 Å². The molecule has 0 fully saturated rings. The molecule has 0 saturated heterocycles. The fourth-order valence-corrected chi connectivity index (χ4v) is 3.45. The van der Waals surface area contributed by atoms with Crippen molar-refractivity contribution in [1.82, 2.24) is 0 Å². The molecule has 0 amide bonds. The highest BCUT2D eigenvalue weighted by molar-refractivity contribution is 5.67. The van der Waals surface area contributed by atoms with Gasteiger partial charge in [-0.25, -0.2) is 0 Å². The van der Waals surface area contributed by atoms with Crippen molar-refractivity contribution in [2.24, 2.45) is 7.05 Å². The Hall–Kier alpha value is -2.41. The average molecular weight is 334 g/mol. The molecule has 0 unspecified atom stereocenters. The van der Waals surface area contributed by atoms with Crippen LogP contribution < -0.4 is 4.57 Å². The second-order valence-electron chi connectivity index (χ2n) is 7.09. The summed E-state index contributed by atoms with van der Waals surface area (Å²) in [6.45, 7) is 8.20. The van der Waals surface area contributed by atoms with Crippen LogP contribution in [0.15, 0.2) is 42.5 Å². The minimum absolute atomic E-state index is 0.428. The molecule has 3 aromatic rings. The monoisotopic (exact) mass is 333 g/mol. The summed E-state index contributed by atoms with van der Waals surface area (Å²) in [5.41, 5.74) is 10.5. The van der Waals surface area contributed by atoms with Crippen LogP contribution in [-0.2, 0) is 7.05 Å². The largest absolute Gasteiger partial charge is 0.213 e. The molecule has 128 valence electrons. The molecule has 0 spiro atoms. The minimum atomic E-state index is -2.09. The molecular weight excluding hydrogens is 302 g/mol. The number of hydrogen-bond acceptors (Lipinski definition) is 0. The first-order valence-corrected chi connectivity index (χ1v) is 8.70. The minimum Gasteiger partial charge on any atom is -0.194 e. The van der Waals surface area contributed by atoms with E-state index in [1.54, 1.807) is 0 Å². The summed E-state index contributed by atoms with van der Waals surface area (Å²) in [4.78, 5) is 0. The summed E-state index contributed by atoms with van der Waals surface area (Å²) in [6, 6.07) is 14.6. The van der Waals surface area contributed by atoms with Gasteiger partial charge in [-0.2, -0.15) is 4.57 Å². The van der Waals surface area contributed by atoms with Crippen LogP contribution in [-0.4, -0.2) is 0 Å². The molecule has 2 aromatic carbocycles. The highest BCUT2D eigenvalue weighted by Gasteiger charge is 2.19. The SMILES string of the molecule is [2H]C([2H])([2H])c1cc(C)c(-c2cccc(-c3cc(C)c(C)cc3C)[n+]2C)cc1C. The van der Waals surface area contributed by atoms with Crippen LogP contribution in [0.5, 0.6) is 0 Å². The first-order chi connectivity index (χ1) is 13.0. The summed E-state index contributed by atoms with van der Waals surface area (Å²) in [5.74, 6) is 0. The number of pyridine rings is 1. The quantitative estimate of drug-likeness (QED) is 0.530. The summed E-state index contributed by atoms with van der Waals surface area (Å²) in [5, 5.41) is 0. The normalized spacial score (nSPS) is 13.3. The van der Waals surface area contributed by atoms with E-state index in [0.29, 0.717) is 5.56 Å². The van der Waals surface area contributed by atoms with E-state index in [9.17, 15) is 0 Å². The lowest BCUT2D eigenvalue weighted by molar-refractivity contribution is -0.649. The van der Waals surface area contributed by atoms with Gasteiger partial charge in [0, 0.05) is 27.4 Å². The van der Waals surface area contributed by atoms with Crippen molar-refractivity contribution in [3.8, 4) is 22.5 Å². The molecule has 1 nitrogen and oxygen atoms in total. The lowest BCUT2D eigenvalue weighted by Crippen LogP contribution is -2.34. The second-order valence-corrected chi connectivity index (χ2v) is 7.09. The molecule has 1 aromatic heterocycles. The molecule has 3 rings (SSSR count). The van der Waals surface area contributed by atoms with Crippen molar-refractivity contribution in [3.05, 3.63) is 75.8 Å². The van der Waals surface area contributed by atoms with E-state index in [2.05, 4.69) is 62.7 Å². The Balaban J connectivity index is 2.21. The third-order valence-electron chi connectivity index (χ3n) is 5.19. The van der Waals surface area contributed by atoms with E-state index >= 15 is 0 Å². The van der Waals surface area contributed by atoms with Gasteiger partial charge in [-0.05, 0) is 93.1 Å². The molecule has 0 aliphatic rings. The molecule has 0 atom stereocenters. The van der Waals surface area contributed by atoms with Gasteiger partial charge in [0.25, 0.3) is 0 Å². The lowest BCUT2D eigenvalue weighted by atomic mass is 9.96. The highest BCUT2D eigenvalue weighted by atomic mass is 14.9. The van der Waals surface area contributed by atoms with Crippen LogP contribution in [0.3, 0.4) is 0 Å². The fourth-order valence-electron chi connectivity index (χ4n) is 3.45. The predicted octanol–water partition coefficient (Wildman–Crippen LogP) is 5.70. The zero-order valence-electron chi connectivity index (χ0n) is 19.0. The first-order valence-electron chi connectivity index (χ1n) is 10.2. The van der Waals surface area contributed by atoms with Gasteiger partial charge in [-0.15, -0.1) is 0 Å². The molecule has 1 heteroatoms. The number of rotatable bonds is 2. The molecule has 0 N–H and O–H groups in total. The van der Waals surface area contributed by atoms with E-state index in [-0.39, 0.29) is 0 Å². The number of hydrogen-bond donors (Lipinski definition) is 0. The zero-order chi connectivity index (χ0) is 20.8. The van der Waals surface area contributed by atoms with Crippen molar-refractivity contribution in [2.75, 3.05) is 0 Å². The fraction of sp³-hybridized carbons (Fsp3) is 0.292. The maximum atomic E-state index is 7.76. The summed E-state index contributed by atoms with van der Waals surface area (Å²) < 4.78 is 25.5. The molecule has 0 radical (unpaired) electrons. The van der Waals surface area contributed by atoms with Crippen LogP contribution in [0.25, 0.3) is 22.5 Å². The topological polar surface area (TPSA) is 3.88 Å². The Labute approximate surface area is 156 Å². The second kappa shape index (κ2) is 6.48. The number of benzene rings is 2. The first kappa shape index (κ1) is 13.8. The molecule has 1 heterocycles. The van der Waals surface area contributed by atoms with Crippen molar-refractivity contribution in [1.29, 1.82) is 0 Å². The summed E-state index contributed by atoms with van der Waals surface area (Å²) >= 11 is 0. The van der Waals surface area contributed by atoms with Crippen molar-refractivity contribution < 1.29 is 8.68 Å². The van der Waals surface area contributed by atoms with Crippen molar-refractivity contribution in [2.45, 2.75) is 41.5 Å². The van der Waals surface area contributed by atoms with Gasteiger partial charge in [0.1, 0.15) is 7.05 Å². The van der Waals surface area contributed by atoms with Crippen LogP contribution in [0.4, 0.5) is 0 Å². The Morgan fingerprint density at radius 2 is 1.08 bits per heavy atom. The zero-order valence-corrected chi connectivity index (χ0v) is 16.0. The lowest BCUT2D eigenvalue weighted by Gasteiger charge is -2.12. The van der Waals surface area contributed by atoms with Crippen LogP contribution in [0.2, 0.25) is 0 Å². The van der Waals surface area contributed by atoms with E-state index < -0.39 is 6.85 Å². The maximum Gasteiger partial charge on any atom is 0.213 e. The Morgan fingerprint density at radius 3 is 1.60 bits per heavy atom. The molecule has 0 saturated carbocycles. The van der Waals surface area contributed by atoms with Crippen LogP contribution in [0.1, 0.15) is 37.5 Å².